The van der Waals surface area contributed by atoms with Crippen molar-refractivity contribution in [1.82, 2.24) is 14.9 Å². The van der Waals surface area contributed by atoms with E-state index in [4.69, 9.17) is 21.6 Å². The highest BCUT2D eigenvalue weighted by molar-refractivity contribution is 6.32. The fourth-order valence-electron chi connectivity index (χ4n) is 3.75. The van der Waals surface area contributed by atoms with Gasteiger partial charge in [0.1, 0.15) is 23.1 Å². The monoisotopic (exact) mass is 507 g/mol. The summed E-state index contributed by atoms with van der Waals surface area (Å²) in [6.07, 6.45) is 5.28. The number of halogens is 1. The minimum atomic E-state index is -0.743. The first-order valence-electron chi connectivity index (χ1n) is 11.9. The number of carbonyl (C=O) groups excluding carboxylic acids is 2. The maximum absolute atomic E-state index is 12.7. The number of aromatic nitrogens is 2. The number of imide groups is 1. The van der Waals surface area contributed by atoms with Crippen molar-refractivity contribution >= 4 is 40.3 Å². The fraction of sp³-hybridized carbons (Fsp3) is 0.333. The lowest BCUT2D eigenvalue weighted by Gasteiger charge is -2.21. The molecule has 0 bridgehead atoms. The second kappa shape index (κ2) is 11.7. The third-order valence-electron chi connectivity index (χ3n) is 5.63. The molecule has 1 aromatic heterocycles. The third-order valence-corrected chi connectivity index (χ3v) is 5.91. The lowest BCUT2D eigenvalue weighted by atomic mass is 10.1. The molecule has 0 radical (unpaired) electrons. The summed E-state index contributed by atoms with van der Waals surface area (Å²) in [4.78, 5) is 30.7. The molecule has 1 N–H and O–H groups in total. The Bertz CT molecular complexity index is 1350. The number of aryl methyl sites for hydroxylation is 1. The lowest BCUT2D eigenvalue weighted by Crippen LogP contribution is -2.41. The molecule has 0 aliphatic carbocycles. The molecule has 0 fully saturated rings. The molecule has 0 aliphatic heterocycles. The Kier molecular flexibility index (Phi) is 8.73. The van der Waals surface area contributed by atoms with Crippen molar-refractivity contribution in [1.29, 1.82) is 5.26 Å². The van der Waals surface area contributed by atoms with Crippen molar-refractivity contribution in [2.45, 2.75) is 53.0 Å². The number of nitriles is 1. The predicted octanol–water partition coefficient (Wildman–Crippen LogP) is 6.55. The number of amides is 3. The van der Waals surface area contributed by atoms with E-state index in [0.717, 1.165) is 23.0 Å². The van der Waals surface area contributed by atoms with Crippen molar-refractivity contribution in [3.63, 3.8) is 0 Å². The number of hydrogen-bond acceptors (Lipinski definition) is 5. The first kappa shape index (κ1) is 26.8. The highest BCUT2D eigenvalue weighted by atomic mass is 35.5. The molecule has 2 aromatic carbocycles. The standard InChI is InChI=1S/C27H30ClN5O3/c1-6-8-18-12-20(32(5)27(35)31-26(34)19(15-29)9-7-2)13-22(28)25(18)36-21-10-11-23-24(14-21)33(16-30-23)17(3)4/h9-14,16-17H,6-8H2,1-5H3,(H,31,34,35)/b19-9+. The number of carbonyl (C=O) groups is 2. The zero-order valence-electron chi connectivity index (χ0n) is 21.1. The van der Waals surface area contributed by atoms with Gasteiger partial charge < -0.3 is 9.30 Å². The van der Waals surface area contributed by atoms with Gasteiger partial charge in [-0.05, 0) is 56.5 Å². The van der Waals surface area contributed by atoms with E-state index in [1.54, 1.807) is 19.1 Å². The smallest absolute Gasteiger partial charge is 0.328 e. The van der Waals surface area contributed by atoms with Crippen LogP contribution in [0.2, 0.25) is 5.02 Å². The molecule has 8 nitrogen and oxygen atoms in total. The molecule has 0 aliphatic rings. The van der Waals surface area contributed by atoms with Crippen LogP contribution in [-0.4, -0.2) is 28.5 Å². The van der Waals surface area contributed by atoms with Crippen LogP contribution in [0, 0.1) is 11.3 Å². The van der Waals surface area contributed by atoms with Gasteiger partial charge in [0.05, 0.1) is 22.4 Å². The Hall–Kier alpha value is -3.83. The highest BCUT2D eigenvalue weighted by Gasteiger charge is 2.20. The molecule has 0 saturated heterocycles. The molecular weight excluding hydrogens is 478 g/mol. The first-order valence-corrected chi connectivity index (χ1v) is 12.2. The molecular formula is C27H30ClN5O3. The van der Waals surface area contributed by atoms with Crippen molar-refractivity contribution in [2.24, 2.45) is 0 Å². The Labute approximate surface area is 216 Å². The summed E-state index contributed by atoms with van der Waals surface area (Å²) in [5.74, 6) is 0.396. The quantitative estimate of drug-likeness (QED) is 0.275. The summed E-state index contributed by atoms with van der Waals surface area (Å²) in [6.45, 7) is 8.02. The molecule has 3 amide bonds. The van der Waals surface area contributed by atoms with E-state index in [2.05, 4.69) is 28.7 Å². The van der Waals surface area contributed by atoms with E-state index in [1.807, 2.05) is 37.5 Å². The summed E-state index contributed by atoms with van der Waals surface area (Å²) >= 11 is 6.65. The summed E-state index contributed by atoms with van der Waals surface area (Å²) in [7, 11) is 1.53. The number of nitrogens with one attached hydrogen (secondary N) is 1. The molecule has 3 aromatic rings. The van der Waals surface area contributed by atoms with Gasteiger partial charge in [-0.3, -0.25) is 15.0 Å². The van der Waals surface area contributed by atoms with E-state index < -0.39 is 11.9 Å². The van der Waals surface area contributed by atoms with Gasteiger partial charge >= 0.3 is 6.03 Å². The number of allylic oxidation sites excluding steroid dienone is 1. The van der Waals surface area contributed by atoms with Crippen molar-refractivity contribution in [2.75, 3.05) is 11.9 Å². The van der Waals surface area contributed by atoms with Crippen LogP contribution in [0.3, 0.4) is 0 Å². The average molecular weight is 508 g/mol. The van der Waals surface area contributed by atoms with Crippen LogP contribution < -0.4 is 15.0 Å². The second-order valence-electron chi connectivity index (χ2n) is 8.62. The third kappa shape index (κ3) is 5.86. The maximum atomic E-state index is 12.7. The van der Waals surface area contributed by atoms with Crippen molar-refractivity contribution < 1.29 is 14.3 Å². The normalized spacial score (nSPS) is 11.4. The largest absolute Gasteiger partial charge is 0.455 e. The van der Waals surface area contributed by atoms with Crippen LogP contribution in [0.1, 0.15) is 52.1 Å². The van der Waals surface area contributed by atoms with Gasteiger partial charge in [-0.1, -0.05) is 37.9 Å². The fourth-order valence-corrected chi connectivity index (χ4v) is 4.03. The first-order chi connectivity index (χ1) is 17.2. The molecule has 0 atom stereocenters. The molecule has 1 heterocycles. The molecule has 188 valence electrons. The number of nitrogens with zero attached hydrogens (tertiary/aromatic N) is 4. The second-order valence-corrected chi connectivity index (χ2v) is 9.03. The predicted molar refractivity (Wildman–Crippen MR) is 142 cm³/mol. The van der Waals surface area contributed by atoms with E-state index >= 15 is 0 Å². The van der Waals surface area contributed by atoms with E-state index in [-0.39, 0.29) is 11.6 Å². The van der Waals surface area contributed by atoms with Gasteiger partial charge in [0, 0.05) is 24.8 Å². The van der Waals surface area contributed by atoms with Gasteiger partial charge in [0.15, 0.2) is 0 Å². The van der Waals surface area contributed by atoms with Crippen LogP contribution in [0.5, 0.6) is 11.5 Å². The Morgan fingerprint density at radius 2 is 2.03 bits per heavy atom. The molecule has 36 heavy (non-hydrogen) atoms. The highest BCUT2D eigenvalue weighted by Crippen LogP contribution is 2.38. The molecule has 0 unspecified atom stereocenters. The lowest BCUT2D eigenvalue weighted by molar-refractivity contribution is -0.116. The Morgan fingerprint density at radius 3 is 2.67 bits per heavy atom. The van der Waals surface area contributed by atoms with Crippen LogP contribution in [-0.2, 0) is 11.2 Å². The van der Waals surface area contributed by atoms with E-state index in [9.17, 15) is 9.59 Å². The number of hydrogen-bond donors (Lipinski definition) is 1. The number of urea groups is 1. The number of fused-ring (bicyclic) bond motifs is 1. The van der Waals surface area contributed by atoms with Gasteiger partial charge in [-0.15, -0.1) is 0 Å². The van der Waals surface area contributed by atoms with Crippen molar-refractivity contribution in [3.8, 4) is 17.6 Å². The Balaban J connectivity index is 1.90. The van der Waals surface area contributed by atoms with Gasteiger partial charge in [0.2, 0.25) is 0 Å². The van der Waals surface area contributed by atoms with E-state index in [1.165, 1.54) is 18.0 Å². The van der Waals surface area contributed by atoms with Gasteiger partial charge in [-0.25, -0.2) is 9.78 Å². The minimum Gasteiger partial charge on any atom is -0.455 e. The van der Waals surface area contributed by atoms with Crippen LogP contribution in [0.25, 0.3) is 11.0 Å². The Morgan fingerprint density at radius 1 is 1.28 bits per heavy atom. The molecule has 0 spiro atoms. The van der Waals surface area contributed by atoms with Crippen LogP contribution in [0.4, 0.5) is 10.5 Å². The zero-order valence-corrected chi connectivity index (χ0v) is 21.9. The zero-order chi connectivity index (χ0) is 26.4. The summed E-state index contributed by atoms with van der Waals surface area (Å²) in [5, 5.41) is 11.7. The molecule has 9 heteroatoms. The summed E-state index contributed by atoms with van der Waals surface area (Å²) in [5.41, 5.74) is 3.05. The molecule has 0 saturated carbocycles. The minimum absolute atomic E-state index is 0.108. The summed E-state index contributed by atoms with van der Waals surface area (Å²) in [6, 6.07) is 10.5. The summed E-state index contributed by atoms with van der Waals surface area (Å²) < 4.78 is 8.32. The van der Waals surface area contributed by atoms with Crippen LogP contribution in [0.15, 0.2) is 48.3 Å². The number of anilines is 1. The maximum Gasteiger partial charge on any atom is 0.328 e. The van der Waals surface area contributed by atoms with E-state index in [0.29, 0.717) is 35.1 Å². The number of rotatable bonds is 8. The topological polar surface area (TPSA) is 100 Å². The van der Waals surface area contributed by atoms with Gasteiger partial charge in [-0.2, -0.15) is 5.26 Å². The SMILES string of the molecule is CC/C=C(\C#N)C(=O)NC(=O)N(C)c1cc(Cl)c(Oc2ccc3ncn(C(C)C)c3c2)c(CCC)c1. The number of imidazole rings is 1. The van der Waals surface area contributed by atoms with Gasteiger partial charge in [0.25, 0.3) is 5.91 Å². The van der Waals surface area contributed by atoms with Crippen LogP contribution >= 0.6 is 11.6 Å². The van der Waals surface area contributed by atoms with Crippen molar-refractivity contribution in [3.05, 3.63) is 58.9 Å². The number of benzene rings is 2. The number of ether oxygens (including phenoxy) is 1. The average Bonchev–Trinajstić information content (AvgIpc) is 3.27. The molecule has 3 rings (SSSR count).